The van der Waals surface area contributed by atoms with Crippen molar-refractivity contribution >= 4 is 40.0 Å². The molecule has 0 spiro atoms. The topological polar surface area (TPSA) is 125 Å². The van der Waals surface area contributed by atoms with E-state index in [2.05, 4.69) is 30.8 Å². The predicted octanol–water partition coefficient (Wildman–Crippen LogP) is 4.18. The van der Waals surface area contributed by atoms with E-state index >= 15 is 0 Å². The Balaban J connectivity index is 1.50. The quantitative estimate of drug-likeness (QED) is 0.303. The van der Waals surface area contributed by atoms with Crippen molar-refractivity contribution in [2.24, 2.45) is 0 Å². The minimum Gasteiger partial charge on any atom is -0.508 e. The average Bonchev–Trinajstić information content (AvgIpc) is 3.17. The smallest absolute Gasteiger partial charge is 0.306 e. The number of esters is 1. The van der Waals surface area contributed by atoms with Gasteiger partial charge in [0.25, 0.3) is 0 Å². The predicted molar refractivity (Wildman–Crippen MR) is 118 cm³/mol. The van der Waals surface area contributed by atoms with E-state index in [1.54, 1.807) is 31.2 Å². The van der Waals surface area contributed by atoms with E-state index in [0.29, 0.717) is 24.4 Å². The number of phenols is 1. The SMILES string of the molecule is CCOC(=O)CCc1n[nH]c2cc(Nc3nc(Nc4cccc(O)c4)ncc3F)ccc12. The lowest BCUT2D eigenvalue weighted by molar-refractivity contribution is -0.143. The van der Waals surface area contributed by atoms with Crippen LogP contribution in [0.1, 0.15) is 19.0 Å². The van der Waals surface area contributed by atoms with Crippen molar-refractivity contribution < 1.29 is 19.0 Å². The van der Waals surface area contributed by atoms with Gasteiger partial charge in [0.1, 0.15) is 5.75 Å². The minimum absolute atomic E-state index is 0.0101. The number of ether oxygens (including phenoxy) is 1. The Morgan fingerprint density at radius 1 is 1.19 bits per heavy atom. The second kappa shape index (κ2) is 9.29. The van der Waals surface area contributed by atoms with Gasteiger partial charge in [-0.05, 0) is 37.3 Å². The van der Waals surface area contributed by atoms with Crippen LogP contribution in [0.2, 0.25) is 0 Å². The highest BCUT2D eigenvalue weighted by molar-refractivity contribution is 5.85. The minimum atomic E-state index is -0.619. The molecule has 0 radical (unpaired) electrons. The Morgan fingerprint density at radius 3 is 2.84 bits per heavy atom. The van der Waals surface area contributed by atoms with Crippen LogP contribution in [0, 0.1) is 5.82 Å². The number of carbonyl (C=O) groups excluding carboxylic acids is 1. The van der Waals surface area contributed by atoms with Gasteiger partial charge in [-0.3, -0.25) is 9.89 Å². The fourth-order valence-electron chi connectivity index (χ4n) is 3.16. The van der Waals surface area contributed by atoms with Gasteiger partial charge in [-0.25, -0.2) is 9.37 Å². The standard InChI is InChI=1S/C22H21FN6O3/c1-2-32-20(31)9-8-18-16-7-6-14(11-19(16)29-28-18)25-21-17(23)12-24-22(27-21)26-13-4-3-5-15(30)10-13/h3-7,10-12,30H,2,8-9H2,1H3,(H,28,29)(H2,24,25,26,27). The normalized spacial score (nSPS) is 10.8. The molecule has 0 amide bonds. The molecule has 0 saturated heterocycles. The van der Waals surface area contributed by atoms with E-state index in [9.17, 15) is 14.3 Å². The number of rotatable bonds is 8. The molecule has 10 heteroatoms. The van der Waals surface area contributed by atoms with Crippen molar-refractivity contribution in [3.8, 4) is 5.75 Å². The second-order valence-corrected chi connectivity index (χ2v) is 6.93. The number of hydrogen-bond donors (Lipinski definition) is 4. The summed E-state index contributed by atoms with van der Waals surface area (Å²) in [6, 6.07) is 11.8. The van der Waals surface area contributed by atoms with Crippen LogP contribution in [0.3, 0.4) is 0 Å². The second-order valence-electron chi connectivity index (χ2n) is 6.93. The third kappa shape index (κ3) is 4.91. The number of aromatic hydroxyl groups is 1. The third-order valence-corrected chi connectivity index (χ3v) is 4.62. The molecule has 9 nitrogen and oxygen atoms in total. The molecule has 164 valence electrons. The summed E-state index contributed by atoms with van der Waals surface area (Å²) in [4.78, 5) is 19.7. The summed E-state index contributed by atoms with van der Waals surface area (Å²) < 4.78 is 19.2. The average molecular weight is 436 g/mol. The van der Waals surface area contributed by atoms with Gasteiger partial charge in [0.05, 0.1) is 30.4 Å². The zero-order chi connectivity index (χ0) is 22.5. The number of nitrogens with zero attached hydrogens (tertiary/aromatic N) is 3. The molecule has 4 rings (SSSR count). The van der Waals surface area contributed by atoms with Crippen LogP contribution in [0.15, 0.2) is 48.7 Å². The molecule has 0 saturated carbocycles. The highest BCUT2D eigenvalue weighted by Gasteiger charge is 2.12. The van der Waals surface area contributed by atoms with Gasteiger partial charge < -0.3 is 20.5 Å². The number of anilines is 4. The molecule has 2 aromatic carbocycles. The van der Waals surface area contributed by atoms with Crippen LogP contribution in [0.5, 0.6) is 5.75 Å². The zero-order valence-electron chi connectivity index (χ0n) is 17.2. The Hall–Kier alpha value is -4.21. The van der Waals surface area contributed by atoms with Crippen molar-refractivity contribution in [2.75, 3.05) is 17.2 Å². The number of carbonyl (C=O) groups is 1. The molecular formula is C22H21FN6O3. The zero-order valence-corrected chi connectivity index (χ0v) is 17.2. The number of halogens is 1. The van der Waals surface area contributed by atoms with E-state index in [1.807, 2.05) is 6.07 Å². The maximum absolute atomic E-state index is 14.3. The van der Waals surface area contributed by atoms with Crippen LogP contribution in [0.4, 0.5) is 27.5 Å². The number of aryl methyl sites for hydroxylation is 1. The Bertz CT molecular complexity index is 1260. The Morgan fingerprint density at radius 2 is 2.03 bits per heavy atom. The van der Waals surface area contributed by atoms with Crippen LogP contribution in [0.25, 0.3) is 10.9 Å². The van der Waals surface area contributed by atoms with E-state index in [-0.39, 0.29) is 29.9 Å². The van der Waals surface area contributed by atoms with Gasteiger partial charge in [-0.15, -0.1) is 0 Å². The first-order valence-electron chi connectivity index (χ1n) is 10.00. The maximum atomic E-state index is 14.3. The number of benzene rings is 2. The Kier molecular flexibility index (Phi) is 6.11. The van der Waals surface area contributed by atoms with Crippen molar-refractivity contribution in [2.45, 2.75) is 19.8 Å². The first-order valence-corrected chi connectivity index (χ1v) is 10.00. The first-order chi connectivity index (χ1) is 15.5. The number of aromatic nitrogens is 4. The van der Waals surface area contributed by atoms with Gasteiger partial charge in [0.15, 0.2) is 11.6 Å². The highest BCUT2D eigenvalue weighted by atomic mass is 19.1. The third-order valence-electron chi connectivity index (χ3n) is 4.62. The molecule has 32 heavy (non-hydrogen) atoms. The molecule has 4 aromatic rings. The van der Waals surface area contributed by atoms with E-state index < -0.39 is 5.82 Å². The van der Waals surface area contributed by atoms with Crippen molar-refractivity contribution in [1.29, 1.82) is 0 Å². The molecule has 0 unspecified atom stereocenters. The molecule has 4 N–H and O–H groups in total. The summed E-state index contributed by atoms with van der Waals surface area (Å²) >= 11 is 0. The number of nitrogens with one attached hydrogen (secondary N) is 3. The van der Waals surface area contributed by atoms with Gasteiger partial charge in [-0.2, -0.15) is 10.1 Å². The largest absolute Gasteiger partial charge is 0.508 e. The lowest BCUT2D eigenvalue weighted by Gasteiger charge is -2.10. The van der Waals surface area contributed by atoms with Crippen LogP contribution >= 0.6 is 0 Å². The van der Waals surface area contributed by atoms with Crippen LogP contribution in [-0.4, -0.2) is 37.8 Å². The molecule has 0 aliphatic heterocycles. The van der Waals surface area contributed by atoms with Gasteiger partial charge >= 0.3 is 5.97 Å². The summed E-state index contributed by atoms with van der Waals surface area (Å²) in [6.07, 6.45) is 1.76. The van der Waals surface area contributed by atoms with Crippen LogP contribution < -0.4 is 10.6 Å². The highest BCUT2D eigenvalue weighted by Crippen LogP contribution is 2.25. The first kappa shape index (κ1) is 21.0. The molecule has 0 aliphatic carbocycles. The number of hydrogen-bond acceptors (Lipinski definition) is 8. The number of fused-ring (bicyclic) bond motifs is 1. The lowest BCUT2D eigenvalue weighted by atomic mass is 10.1. The van der Waals surface area contributed by atoms with Crippen molar-refractivity contribution in [3.63, 3.8) is 0 Å². The summed E-state index contributed by atoms with van der Waals surface area (Å²) in [5.41, 5.74) is 2.66. The van der Waals surface area contributed by atoms with E-state index in [0.717, 1.165) is 22.8 Å². The molecular weight excluding hydrogens is 415 g/mol. The molecule has 0 atom stereocenters. The molecule has 2 aromatic heterocycles. The van der Waals surface area contributed by atoms with Gasteiger partial charge in [0.2, 0.25) is 5.95 Å². The number of aromatic amines is 1. The monoisotopic (exact) mass is 436 g/mol. The summed E-state index contributed by atoms with van der Waals surface area (Å²) in [7, 11) is 0. The molecule has 0 fully saturated rings. The lowest BCUT2D eigenvalue weighted by Crippen LogP contribution is -2.05. The van der Waals surface area contributed by atoms with E-state index in [1.165, 1.54) is 12.1 Å². The summed E-state index contributed by atoms with van der Waals surface area (Å²) in [5.74, 6) is -0.639. The van der Waals surface area contributed by atoms with Gasteiger partial charge in [-0.1, -0.05) is 6.07 Å². The number of H-pyrrole nitrogens is 1. The fourth-order valence-corrected chi connectivity index (χ4v) is 3.16. The summed E-state index contributed by atoms with van der Waals surface area (Å²) in [6.45, 7) is 2.11. The molecule has 0 bridgehead atoms. The van der Waals surface area contributed by atoms with E-state index in [4.69, 9.17) is 4.74 Å². The van der Waals surface area contributed by atoms with Crippen molar-refractivity contribution in [1.82, 2.24) is 20.2 Å². The van der Waals surface area contributed by atoms with Crippen LogP contribution in [-0.2, 0) is 16.0 Å². The summed E-state index contributed by atoms with van der Waals surface area (Å²) in [5, 5.41) is 23.5. The maximum Gasteiger partial charge on any atom is 0.306 e. The van der Waals surface area contributed by atoms with Crippen molar-refractivity contribution in [3.05, 3.63) is 60.2 Å². The number of phenolic OH excluding ortho intramolecular Hbond substituents is 1. The Labute approximate surface area is 182 Å². The molecule has 0 aliphatic rings. The fraction of sp³-hybridized carbons (Fsp3) is 0.182. The molecule has 2 heterocycles. The van der Waals surface area contributed by atoms with Gasteiger partial charge in [0, 0.05) is 29.2 Å².